The van der Waals surface area contributed by atoms with Crippen LogP contribution in [-0.4, -0.2) is 34.1 Å². The Kier molecular flexibility index (Phi) is 3.24. The van der Waals surface area contributed by atoms with Crippen molar-refractivity contribution in [2.24, 2.45) is 5.92 Å². The maximum Gasteiger partial charge on any atom is 0.226 e. The van der Waals surface area contributed by atoms with Gasteiger partial charge in [-0.05, 0) is 39.5 Å². The lowest BCUT2D eigenvalue weighted by molar-refractivity contribution is -0.149. The van der Waals surface area contributed by atoms with E-state index in [1.165, 1.54) is 12.8 Å². The van der Waals surface area contributed by atoms with Crippen molar-refractivity contribution in [2.45, 2.75) is 64.0 Å². The Hall–Kier alpha value is -0.570. The highest BCUT2D eigenvalue weighted by Crippen LogP contribution is 2.33. The third kappa shape index (κ3) is 1.97. The van der Waals surface area contributed by atoms with Crippen LogP contribution in [0.3, 0.4) is 0 Å². The number of aliphatic hydroxyl groups excluding tert-OH is 1. The highest BCUT2D eigenvalue weighted by molar-refractivity contribution is 5.80. The molecule has 1 saturated heterocycles. The van der Waals surface area contributed by atoms with Gasteiger partial charge in [-0.3, -0.25) is 4.79 Å². The van der Waals surface area contributed by atoms with Crippen molar-refractivity contribution in [3.63, 3.8) is 0 Å². The summed E-state index contributed by atoms with van der Waals surface area (Å²) in [6.45, 7) is 4.80. The molecule has 0 aromatic carbocycles. The second-order valence-electron chi connectivity index (χ2n) is 5.78. The molecule has 1 heterocycles. The zero-order valence-electron chi connectivity index (χ0n) is 10.4. The van der Waals surface area contributed by atoms with E-state index < -0.39 is 0 Å². The van der Waals surface area contributed by atoms with Crippen molar-refractivity contribution in [1.29, 1.82) is 0 Å². The summed E-state index contributed by atoms with van der Waals surface area (Å²) in [6, 6.07) is 0. The number of aliphatic hydroxyl groups is 1. The van der Waals surface area contributed by atoms with Crippen molar-refractivity contribution in [3.8, 4) is 0 Å². The minimum Gasteiger partial charge on any atom is -0.391 e. The Morgan fingerprint density at radius 1 is 1.19 bits per heavy atom. The first-order valence-electron chi connectivity index (χ1n) is 6.53. The van der Waals surface area contributed by atoms with Crippen molar-refractivity contribution in [3.05, 3.63) is 0 Å². The number of rotatable bonds is 1. The summed E-state index contributed by atoms with van der Waals surface area (Å²) in [5.41, 5.74) is -0.377. The van der Waals surface area contributed by atoms with Crippen LogP contribution in [0.4, 0.5) is 0 Å². The molecule has 1 atom stereocenters. The molecule has 0 radical (unpaired) electrons. The van der Waals surface area contributed by atoms with Crippen molar-refractivity contribution >= 4 is 5.91 Å². The Bertz CT molecular complexity index is 269. The highest BCUT2D eigenvalue weighted by atomic mass is 16.3. The van der Waals surface area contributed by atoms with Crippen LogP contribution in [0.5, 0.6) is 0 Å². The monoisotopic (exact) mass is 225 g/mol. The van der Waals surface area contributed by atoms with E-state index in [-0.39, 0.29) is 23.5 Å². The summed E-state index contributed by atoms with van der Waals surface area (Å²) < 4.78 is 0. The first kappa shape index (κ1) is 11.9. The molecule has 3 heteroatoms. The van der Waals surface area contributed by atoms with Crippen molar-refractivity contribution < 1.29 is 9.90 Å². The lowest BCUT2D eigenvalue weighted by atomic mass is 9.86. The van der Waals surface area contributed by atoms with Gasteiger partial charge in [0.15, 0.2) is 0 Å². The molecule has 2 aliphatic rings. The van der Waals surface area contributed by atoms with E-state index in [2.05, 4.69) is 0 Å². The highest BCUT2D eigenvalue weighted by Gasteiger charge is 2.42. The summed E-state index contributed by atoms with van der Waals surface area (Å²) in [5, 5.41) is 10.0. The van der Waals surface area contributed by atoms with Crippen LogP contribution in [0.2, 0.25) is 0 Å². The van der Waals surface area contributed by atoms with E-state index in [9.17, 15) is 9.90 Å². The smallest absolute Gasteiger partial charge is 0.226 e. The van der Waals surface area contributed by atoms with Gasteiger partial charge in [-0.15, -0.1) is 0 Å². The van der Waals surface area contributed by atoms with Crippen LogP contribution in [0.25, 0.3) is 0 Å². The quantitative estimate of drug-likeness (QED) is 0.741. The third-order valence-corrected chi connectivity index (χ3v) is 4.34. The lowest BCUT2D eigenvalue weighted by Crippen LogP contribution is -2.59. The van der Waals surface area contributed by atoms with Gasteiger partial charge in [-0.1, -0.05) is 12.8 Å². The van der Waals surface area contributed by atoms with Gasteiger partial charge < -0.3 is 10.0 Å². The zero-order chi connectivity index (χ0) is 11.8. The first-order valence-corrected chi connectivity index (χ1v) is 6.53. The minimum absolute atomic E-state index is 0.226. The molecule has 1 aliphatic carbocycles. The molecule has 0 aromatic heterocycles. The second-order valence-corrected chi connectivity index (χ2v) is 5.78. The number of carbonyl (C=O) groups is 1. The molecule has 1 aliphatic heterocycles. The van der Waals surface area contributed by atoms with Gasteiger partial charge in [-0.2, -0.15) is 0 Å². The molecule has 2 fully saturated rings. The van der Waals surface area contributed by atoms with Gasteiger partial charge in [0.2, 0.25) is 5.91 Å². The number of nitrogens with zero attached hydrogens (tertiary/aromatic N) is 1. The summed E-state index contributed by atoms with van der Waals surface area (Å²) >= 11 is 0. The molecule has 1 unspecified atom stereocenters. The summed E-state index contributed by atoms with van der Waals surface area (Å²) in [7, 11) is 0. The molecule has 0 aromatic rings. The fourth-order valence-electron chi connectivity index (χ4n) is 3.05. The van der Waals surface area contributed by atoms with E-state index in [4.69, 9.17) is 0 Å². The van der Waals surface area contributed by atoms with E-state index in [0.29, 0.717) is 0 Å². The Morgan fingerprint density at radius 2 is 1.81 bits per heavy atom. The second kappa shape index (κ2) is 4.36. The van der Waals surface area contributed by atoms with E-state index in [1.807, 2.05) is 18.7 Å². The summed E-state index contributed by atoms with van der Waals surface area (Å²) in [4.78, 5) is 14.3. The maximum atomic E-state index is 12.4. The van der Waals surface area contributed by atoms with E-state index in [1.54, 1.807) is 0 Å². The number of hydrogen-bond donors (Lipinski definition) is 1. The molecule has 3 nitrogen and oxygen atoms in total. The van der Waals surface area contributed by atoms with Crippen LogP contribution in [0.1, 0.15) is 52.4 Å². The lowest BCUT2D eigenvalue weighted by Gasteiger charge is -2.46. The molecule has 1 N–H and O–H groups in total. The molecule has 92 valence electrons. The number of amides is 1. The minimum atomic E-state index is -0.377. The van der Waals surface area contributed by atoms with E-state index in [0.717, 1.165) is 32.2 Å². The van der Waals surface area contributed by atoms with Gasteiger partial charge in [0.05, 0.1) is 11.6 Å². The molecule has 2 rings (SSSR count). The molecule has 0 spiro atoms. The van der Waals surface area contributed by atoms with Gasteiger partial charge in [0.25, 0.3) is 0 Å². The van der Waals surface area contributed by atoms with Crippen LogP contribution in [-0.2, 0) is 4.79 Å². The number of carbonyl (C=O) groups excluding carboxylic acids is 1. The Balaban J connectivity index is 2.09. The van der Waals surface area contributed by atoms with Crippen LogP contribution >= 0.6 is 0 Å². The topological polar surface area (TPSA) is 40.5 Å². The van der Waals surface area contributed by atoms with Crippen LogP contribution in [0, 0.1) is 5.92 Å². The van der Waals surface area contributed by atoms with Crippen LogP contribution < -0.4 is 0 Å². The summed E-state index contributed by atoms with van der Waals surface area (Å²) in [6.07, 6.45) is 5.85. The van der Waals surface area contributed by atoms with Gasteiger partial charge >= 0.3 is 0 Å². The van der Waals surface area contributed by atoms with Crippen molar-refractivity contribution in [1.82, 2.24) is 4.90 Å². The molecule has 1 saturated carbocycles. The average Bonchev–Trinajstić information content (AvgIpc) is 2.74. The molecule has 1 amide bonds. The largest absolute Gasteiger partial charge is 0.391 e. The van der Waals surface area contributed by atoms with Gasteiger partial charge in [0.1, 0.15) is 0 Å². The molecule has 16 heavy (non-hydrogen) atoms. The predicted octanol–water partition coefficient (Wildman–Crippen LogP) is 1.94. The Morgan fingerprint density at radius 3 is 2.44 bits per heavy atom. The van der Waals surface area contributed by atoms with Crippen molar-refractivity contribution in [2.75, 3.05) is 6.54 Å². The normalized spacial score (nSPS) is 30.7. The fourth-order valence-corrected chi connectivity index (χ4v) is 3.05. The predicted molar refractivity (Wildman–Crippen MR) is 63.0 cm³/mol. The maximum absolute atomic E-state index is 12.4. The summed E-state index contributed by atoms with van der Waals surface area (Å²) in [5.74, 6) is 0.505. The molecular formula is C13H23NO2. The number of likely N-dealkylation sites (tertiary alicyclic amines) is 1. The standard InChI is InChI=1S/C13H23NO2/c1-13(2)11(15)8-5-9-14(13)12(16)10-6-3-4-7-10/h10-11,15H,3-9H2,1-2H3. The Labute approximate surface area is 97.8 Å². The number of hydrogen-bond acceptors (Lipinski definition) is 2. The molecule has 0 bridgehead atoms. The van der Waals surface area contributed by atoms with E-state index >= 15 is 0 Å². The van der Waals surface area contributed by atoms with Gasteiger partial charge in [-0.25, -0.2) is 0 Å². The van der Waals surface area contributed by atoms with Crippen LogP contribution in [0.15, 0.2) is 0 Å². The number of piperidine rings is 1. The average molecular weight is 225 g/mol. The molecular weight excluding hydrogens is 202 g/mol. The zero-order valence-corrected chi connectivity index (χ0v) is 10.4. The first-order chi connectivity index (χ1) is 7.53. The SMILES string of the molecule is CC1(C)C(O)CCCN1C(=O)C1CCCC1. The fraction of sp³-hybridized carbons (Fsp3) is 0.923. The van der Waals surface area contributed by atoms with Gasteiger partial charge in [0, 0.05) is 12.5 Å². The third-order valence-electron chi connectivity index (χ3n) is 4.34.